The van der Waals surface area contributed by atoms with Crippen molar-refractivity contribution in [2.75, 3.05) is 6.61 Å². The molecule has 1 unspecified atom stereocenters. The molecular formula is C15H17NO3S. The molecule has 1 atom stereocenters. The Morgan fingerprint density at radius 2 is 1.65 bits per heavy atom. The van der Waals surface area contributed by atoms with Crippen molar-refractivity contribution < 1.29 is 13.5 Å². The van der Waals surface area contributed by atoms with Gasteiger partial charge in [-0.05, 0) is 24.1 Å². The van der Waals surface area contributed by atoms with Crippen LogP contribution in [0.1, 0.15) is 17.2 Å². The fourth-order valence-electron chi connectivity index (χ4n) is 2.00. The summed E-state index contributed by atoms with van der Waals surface area (Å²) in [5.74, 6) is 0. The predicted octanol–water partition coefficient (Wildman–Crippen LogP) is 2.01. The molecule has 2 rings (SSSR count). The first-order chi connectivity index (χ1) is 9.54. The van der Waals surface area contributed by atoms with Crippen LogP contribution in [0.4, 0.5) is 0 Å². The van der Waals surface area contributed by atoms with Crippen molar-refractivity contribution in [3.8, 4) is 0 Å². The lowest BCUT2D eigenvalue weighted by atomic mass is 10.1. The quantitative estimate of drug-likeness (QED) is 0.885. The smallest absolute Gasteiger partial charge is 0.241 e. The summed E-state index contributed by atoms with van der Waals surface area (Å²) in [6, 6.07) is 15.1. The normalized spacial score (nSPS) is 13.1. The molecular weight excluding hydrogens is 274 g/mol. The van der Waals surface area contributed by atoms with E-state index >= 15 is 0 Å². The number of nitrogens with one attached hydrogen (secondary N) is 1. The first-order valence-corrected chi connectivity index (χ1v) is 7.76. The average molecular weight is 291 g/mol. The van der Waals surface area contributed by atoms with Crippen molar-refractivity contribution in [2.45, 2.75) is 17.9 Å². The maximum Gasteiger partial charge on any atom is 0.241 e. The Labute approximate surface area is 119 Å². The Balaban J connectivity index is 2.30. The molecule has 0 aliphatic carbocycles. The molecule has 0 bridgehead atoms. The molecule has 2 N–H and O–H groups in total. The molecule has 2 aromatic carbocycles. The SMILES string of the molecule is Cc1ccccc1S(=O)(=O)NC(CO)c1ccccc1. The van der Waals surface area contributed by atoms with Crippen LogP contribution in [0.3, 0.4) is 0 Å². The van der Waals surface area contributed by atoms with Crippen LogP contribution in [0.5, 0.6) is 0 Å². The Morgan fingerprint density at radius 1 is 1.05 bits per heavy atom. The van der Waals surface area contributed by atoms with Gasteiger partial charge in [-0.15, -0.1) is 0 Å². The van der Waals surface area contributed by atoms with Crippen molar-refractivity contribution in [1.82, 2.24) is 4.72 Å². The molecule has 2 aromatic rings. The second-order valence-corrected chi connectivity index (χ2v) is 6.22. The molecule has 0 aliphatic rings. The average Bonchev–Trinajstić information content (AvgIpc) is 2.46. The van der Waals surface area contributed by atoms with Crippen molar-refractivity contribution in [3.05, 3.63) is 65.7 Å². The van der Waals surface area contributed by atoms with E-state index < -0.39 is 16.1 Å². The molecule has 0 amide bonds. The number of hydrogen-bond donors (Lipinski definition) is 2. The summed E-state index contributed by atoms with van der Waals surface area (Å²) < 4.78 is 27.3. The van der Waals surface area contributed by atoms with Gasteiger partial charge in [0, 0.05) is 0 Å². The highest BCUT2D eigenvalue weighted by Gasteiger charge is 2.21. The minimum Gasteiger partial charge on any atom is -0.394 e. The lowest BCUT2D eigenvalue weighted by molar-refractivity contribution is 0.259. The Kier molecular flexibility index (Phi) is 4.54. The molecule has 0 heterocycles. The van der Waals surface area contributed by atoms with Crippen molar-refractivity contribution in [1.29, 1.82) is 0 Å². The van der Waals surface area contributed by atoms with E-state index in [0.29, 0.717) is 5.56 Å². The Morgan fingerprint density at radius 3 is 2.25 bits per heavy atom. The third kappa shape index (κ3) is 3.25. The van der Waals surface area contributed by atoms with Crippen molar-refractivity contribution in [3.63, 3.8) is 0 Å². The highest BCUT2D eigenvalue weighted by Crippen LogP contribution is 2.19. The first-order valence-electron chi connectivity index (χ1n) is 6.28. The van der Waals surface area contributed by atoms with Gasteiger partial charge >= 0.3 is 0 Å². The van der Waals surface area contributed by atoms with Crippen LogP contribution in [-0.4, -0.2) is 20.1 Å². The van der Waals surface area contributed by atoms with E-state index in [1.165, 1.54) is 0 Å². The summed E-state index contributed by atoms with van der Waals surface area (Å²) >= 11 is 0. The minimum atomic E-state index is -3.66. The van der Waals surface area contributed by atoms with E-state index in [2.05, 4.69) is 4.72 Å². The van der Waals surface area contributed by atoms with Gasteiger partial charge in [0.05, 0.1) is 17.5 Å². The zero-order valence-corrected chi connectivity index (χ0v) is 12.0. The summed E-state index contributed by atoms with van der Waals surface area (Å²) in [6.07, 6.45) is 0. The zero-order chi connectivity index (χ0) is 14.6. The largest absolute Gasteiger partial charge is 0.394 e. The molecule has 0 aliphatic heterocycles. The van der Waals surface area contributed by atoms with E-state index in [0.717, 1.165) is 5.56 Å². The second-order valence-electron chi connectivity index (χ2n) is 4.53. The summed E-state index contributed by atoms with van der Waals surface area (Å²) in [4.78, 5) is 0.231. The molecule has 4 nitrogen and oxygen atoms in total. The molecule has 0 fully saturated rings. The van der Waals surface area contributed by atoms with Gasteiger partial charge in [0.1, 0.15) is 0 Å². The van der Waals surface area contributed by atoms with Crippen molar-refractivity contribution in [2.24, 2.45) is 0 Å². The lowest BCUT2D eigenvalue weighted by Crippen LogP contribution is -2.31. The molecule has 0 spiro atoms. The second kappa shape index (κ2) is 6.17. The highest BCUT2D eigenvalue weighted by molar-refractivity contribution is 7.89. The Hall–Kier alpha value is -1.69. The third-order valence-electron chi connectivity index (χ3n) is 3.07. The molecule has 0 radical (unpaired) electrons. The summed E-state index contributed by atoms with van der Waals surface area (Å²) in [5, 5.41) is 9.43. The van der Waals surface area contributed by atoms with Crippen LogP contribution in [0.15, 0.2) is 59.5 Å². The van der Waals surface area contributed by atoms with Gasteiger partial charge in [0.15, 0.2) is 0 Å². The van der Waals surface area contributed by atoms with E-state index in [9.17, 15) is 13.5 Å². The standard InChI is InChI=1S/C15H17NO3S/c1-12-7-5-6-10-15(12)20(18,19)16-14(11-17)13-8-3-2-4-9-13/h2-10,14,16-17H,11H2,1H3. The van der Waals surface area contributed by atoms with Crippen LogP contribution < -0.4 is 4.72 Å². The fourth-order valence-corrected chi connectivity index (χ4v) is 3.47. The van der Waals surface area contributed by atoms with E-state index in [1.807, 2.05) is 6.07 Å². The lowest BCUT2D eigenvalue weighted by Gasteiger charge is -2.17. The maximum absolute atomic E-state index is 12.4. The monoisotopic (exact) mass is 291 g/mol. The van der Waals surface area contributed by atoms with Crippen LogP contribution in [0.2, 0.25) is 0 Å². The molecule has 106 valence electrons. The predicted molar refractivity (Wildman–Crippen MR) is 77.8 cm³/mol. The van der Waals surface area contributed by atoms with E-state index in [1.54, 1.807) is 55.5 Å². The topological polar surface area (TPSA) is 66.4 Å². The zero-order valence-electron chi connectivity index (χ0n) is 11.2. The van der Waals surface area contributed by atoms with Crippen molar-refractivity contribution >= 4 is 10.0 Å². The summed E-state index contributed by atoms with van der Waals surface area (Å²) in [6.45, 7) is 1.44. The summed E-state index contributed by atoms with van der Waals surface area (Å²) in [7, 11) is -3.66. The number of aliphatic hydroxyl groups is 1. The third-order valence-corrected chi connectivity index (χ3v) is 4.70. The van der Waals surface area contributed by atoms with Gasteiger partial charge in [-0.3, -0.25) is 0 Å². The van der Waals surface area contributed by atoms with Gasteiger partial charge < -0.3 is 5.11 Å². The van der Waals surface area contributed by atoms with E-state index in [4.69, 9.17) is 0 Å². The highest BCUT2D eigenvalue weighted by atomic mass is 32.2. The number of aryl methyl sites for hydroxylation is 1. The van der Waals surface area contributed by atoms with Gasteiger partial charge in [0.25, 0.3) is 0 Å². The summed E-state index contributed by atoms with van der Waals surface area (Å²) in [5.41, 5.74) is 1.40. The first kappa shape index (κ1) is 14.7. The molecule has 20 heavy (non-hydrogen) atoms. The maximum atomic E-state index is 12.4. The van der Waals surface area contributed by atoms with Crippen LogP contribution in [0, 0.1) is 6.92 Å². The van der Waals surface area contributed by atoms with Gasteiger partial charge in [-0.2, -0.15) is 0 Å². The van der Waals surface area contributed by atoms with Crippen LogP contribution in [-0.2, 0) is 10.0 Å². The van der Waals surface area contributed by atoms with Crippen LogP contribution >= 0.6 is 0 Å². The number of sulfonamides is 1. The Bertz CT molecular complexity index is 669. The number of rotatable bonds is 5. The number of aliphatic hydroxyl groups excluding tert-OH is 1. The molecule has 0 aromatic heterocycles. The van der Waals surface area contributed by atoms with E-state index in [-0.39, 0.29) is 11.5 Å². The minimum absolute atomic E-state index is 0.231. The van der Waals surface area contributed by atoms with Gasteiger partial charge in [-0.1, -0.05) is 48.5 Å². The number of hydrogen-bond acceptors (Lipinski definition) is 3. The van der Waals surface area contributed by atoms with Gasteiger partial charge in [0.2, 0.25) is 10.0 Å². The molecule has 0 saturated heterocycles. The molecule has 5 heteroatoms. The van der Waals surface area contributed by atoms with Gasteiger partial charge in [-0.25, -0.2) is 13.1 Å². The van der Waals surface area contributed by atoms with Crippen LogP contribution in [0.25, 0.3) is 0 Å². The fraction of sp³-hybridized carbons (Fsp3) is 0.200. The number of benzene rings is 2. The molecule has 0 saturated carbocycles.